The average Bonchev–Trinajstić information content (AvgIpc) is 3.16. The molecule has 1 N–H and O–H groups in total. The van der Waals surface area contributed by atoms with E-state index in [4.69, 9.17) is 4.74 Å². The van der Waals surface area contributed by atoms with Crippen molar-refractivity contribution in [1.82, 2.24) is 14.6 Å². The number of imidazole rings is 1. The smallest absolute Gasteiger partial charge is 0.404 e. The molecule has 1 saturated heterocycles. The molecule has 1 aliphatic heterocycles. The van der Waals surface area contributed by atoms with Crippen LogP contribution in [0.4, 0.5) is 24.7 Å². The third-order valence-corrected chi connectivity index (χ3v) is 5.48. The first-order valence-electron chi connectivity index (χ1n) is 11.3. The van der Waals surface area contributed by atoms with E-state index in [1.807, 2.05) is 26.0 Å². The Morgan fingerprint density at radius 3 is 2.43 bits per heavy atom. The van der Waals surface area contributed by atoms with E-state index in [0.717, 1.165) is 5.82 Å². The highest BCUT2D eigenvalue weighted by Gasteiger charge is 2.33. The van der Waals surface area contributed by atoms with Crippen molar-refractivity contribution in [2.75, 3.05) is 23.3 Å². The van der Waals surface area contributed by atoms with E-state index in [1.54, 1.807) is 31.5 Å². The highest BCUT2D eigenvalue weighted by molar-refractivity contribution is 5.96. The maximum absolute atomic E-state index is 12.9. The fraction of sp³-hybridized carbons (Fsp3) is 0.458. The number of halogens is 3. The Labute approximate surface area is 201 Å². The Morgan fingerprint density at radius 2 is 1.80 bits per heavy atom. The van der Waals surface area contributed by atoms with Crippen molar-refractivity contribution in [2.45, 2.75) is 53.2 Å². The maximum atomic E-state index is 12.9. The minimum atomic E-state index is -4.90. The number of anilines is 2. The number of fused-ring (bicyclic) bond motifs is 1. The molecule has 188 valence electrons. The summed E-state index contributed by atoms with van der Waals surface area (Å²) < 4.78 is 50.3. The summed E-state index contributed by atoms with van der Waals surface area (Å²) >= 11 is 0. The Bertz CT molecular complexity index is 1230. The predicted molar refractivity (Wildman–Crippen MR) is 125 cm³/mol. The Hall–Kier alpha value is -3.34. The predicted octanol–water partition coefficient (Wildman–Crippen LogP) is 4.89. The lowest BCUT2D eigenvalue weighted by Crippen LogP contribution is -2.46. The van der Waals surface area contributed by atoms with Crippen LogP contribution in [0.15, 0.2) is 36.5 Å². The van der Waals surface area contributed by atoms with Crippen LogP contribution in [0.5, 0.6) is 5.75 Å². The van der Waals surface area contributed by atoms with Crippen LogP contribution in [0, 0.1) is 5.41 Å². The molecule has 0 radical (unpaired) electrons. The number of ether oxygens (including phenoxy) is 2. The summed E-state index contributed by atoms with van der Waals surface area (Å²) in [4.78, 5) is 19.2. The van der Waals surface area contributed by atoms with Gasteiger partial charge in [0.1, 0.15) is 5.82 Å². The summed E-state index contributed by atoms with van der Waals surface area (Å²) in [5.74, 6) is -0.175. The highest BCUT2D eigenvalue weighted by atomic mass is 19.4. The van der Waals surface area contributed by atoms with E-state index in [-0.39, 0.29) is 17.9 Å². The van der Waals surface area contributed by atoms with Gasteiger partial charge in [0, 0.05) is 24.1 Å². The second-order valence-electron chi connectivity index (χ2n) is 9.75. The summed E-state index contributed by atoms with van der Waals surface area (Å²) in [5, 5.41) is 7.21. The lowest BCUT2D eigenvalue weighted by Gasteiger charge is -2.35. The van der Waals surface area contributed by atoms with Gasteiger partial charge in [-0.05, 0) is 44.2 Å². The summed E-state index contributed by atoms with van der Waals surface area (Å²) in [6, 6.07) is 7.76. The first-order chi connectivity index (χ1) is 16.3. The van der Waals surface area contributed by atoms with Gasteiger partial charge in [0.05, 0.1) is 29.8 Å². The third-order valence-electron chi connectivity index (χ3n) is 5.48. The van der Waals surface area contributed by atoms with Crippen molar-refractivity contribution < 1.29 is 27.4 Å². The van der Waals surface area contributed by atoms with E-state index in [2.05, 4.69) is 25.0 Å². The summed E-state index contributed by atoms with van der Waals surface area (Å²) in [7, 11) is 0. The zero-order valence-electron chi connectivity index (χ0n) is 20.2. The zero-order chi connectivity index (χ0) is 25.5. The largest absolute Gasteiger partial charge is 0.573 e. The number of nitrogens with one attached hydrogen (secondary N) is 1. The molecular weight excluding hydrogens is 463 g/mol. The molecule has 11 heteroatoms. The molecule has 1 aromatic carbocycles. The molecule has 35 heavy (non-hydrogen) atoms. The molecular formula is C24H28F3N5O3. The fourth-order valence-corrected chi connectivity index (χ4v) is 3.86. The summed E-state index contributed by atoms with van der Waals surface area (Å²) in [5.41, 5.74) is 0.659. The van der Waals surface area contributed by atoms with Crippen LogP contribution >= 0.6 is 0 Å². The van der Waals surface area contributed by atoms with Crippen LogP contribution in [0.3, 0.4) is 0 Å². The molecule has 1 fully saturated rings. The molecule has 0 saturated carbocycles. The standard InChI is InChI=1S/C24H28F3N5O3/c1-14-11-31(12-15(2)34-14)21-9-8-20-28-18(13-32(20)30-21)16-6-7-19(35-24(25,26)27)17(10-16)29-22(33)23(3,4)5/h6-10,13-15H,11-12H2,1-5H3,(H,29,33)/t14-,15+. The second-order valence-corrected chi connectivity index (χ2v) is 9.75. The molecule has 3 heterocycles. The topological polar surface area (TPSA) is 81.0 Å². The molecule has 1 aliphatic rings. The molecule has 0 aliphatic carbocycles. The monoisotopic (exact) mass is 491 g/mol. The van der Waals surface area contributed by atoms with Gasteiger partial charge < -0.3 is 19.7 Å². The zero-order valence-corrected chi connectivity index (χ0v) is 20.2. The van der Waals surface area contributed by atoms with Gasteiger partial charge in [-0.2, -0.15) is 0 Å². The molecule has 8 nitrogen and oxygen atoms in total. The van der Waals surface area contributed by atoms with Gasteiger partial charge in [-0.3, -0.25) is 4.79 Å². The first kappa shape index (κ1) is 24.8. The molecule has 0 unspecified atom stereocenters. The van der Waals surface area contributed by atoms with Crippen molar-refractivity contribution >= 4 is 23.1 Å². The van der Waals surface area contributed by atoms with Crippen molar-refractivity contribution in [3.8, 4) is 17.0 Å². The maximum Gasteiger partial charge on any atom is 0.573 e. The number of hydrogen-bond donors (Lipinski definition) is 1. The Morgan fingerprint density at radius 1 is 1.11 bits per heavy atom. The van der Waals surface area contributed by atoms with Gasteiger partial charge in [-0.25, -0.2) is 9.50 Å². The number of aromatic nitrogens is 3. The number of morpholine rings is 1. The van der Waals surface area contributed by atoms with Gasteiger partial charge in [0.2, 0.25) is 5.91 Å². The van der Waals surface area contributed by atoms with Crippen LogP contribution in [0.25, 0.3) is 16.9 Å². The number of rotatable bonds is 4. The fourth-order valence-electron chi connectivity index (χ4n) is 3.86. The quantitative estimate of drug-likeness (QED) is 0.560. The molecule has 1 amide bonds. The van der Waals surface area contributed by atoms with Gasteiger partial charge in [-0.1, -0.05) is 20.8 Å². The van der Waals surface area contributed by atoms with Crippen LogP contribution < -0.4 is 15.0 Å². The minimum absolute atomic E-state index is 0.0776. The van der Waals surface area contributed by atoms with Gasteiger partial charge in [0.15, 0.2) is 11.4 Å². The normalized spacial score (nSPS) is 19.1. The lowest BCUT2D eigenvalue weighted by atomic mass is 9.95. The van der Waals surface area contributed by atoms with Gasteiger partial charge in [0.25, 0.3) is 0 Å². The number of nitrogens with zero attached hydrogens (tertiary/aromatic N) is 4. The number of alkyl halides is 3. The van der Waals surface area contributed by atoms with E-state index >= 15 is 0 Å². The average molecular weight is 492 g/mol. The van der Waals surface area contributed by atoms with Crippen LogP contribution in [0.2, 0.25) is 0 Å². The molecule has 2 atom stereocenters. The van der Waals surface area contributed by atoms with Crippen molar-refractivity contribution in [3.63, 3.8) is 0 Å². The number of amides is 1. The van der Waals surface area contributed by atoms with E-state index in [0.29, 0.717) is 30.0 Å². The molecule has 4 rings (SSSR count). The van der Waals surface area contributed by atoms with Crippen molar-refractivity contribution in [3.05, 3.63) is 36.5 Å². The first-order valence-corrected chi connectivity index (χ1v) is 11.3. The summed E-state index contributed by atoms with van der Waals surface area (Å²) in [6.45, 7) is 10.4. The second kappa shape index (κ2) is 9.03. The number of hydrogen-bond acceptors (Lipinski definition) is 6. The van der Waals surface area contributed by atoms with Gasteiger partial charge in [-0.15, -0.1) is 18.3 Å². The van der Waals surface area contributed by atoms with E-state index in [9.17, 15) is 18.0 Å². The number of benzene rings is 1. The van der Waals surface area contributed by atoms with Crippen LogP contribution in [-0.4, -0.2) is 52.2 Å². The lowest BCUT2D eigenvalue weighted by molar-refractivity contribution is -0.274. The third kappa shape index (κ3) is 5.84. The molecule has 0 bridgehead atoms. The molecule has 2 aromatic heterocycles. The molecule has 0 spiro atoms. The minimum Gasteiger partial charge on any atom is -0.404 e. The van der Waals surface area contributed by atoms with Crippen LogP contribution in [0.1, 0.15) is 34.6 Å². The number of carbonyl (C=O) groups is 1. The Balaban J connectivity index is 1.67. The molecule has 3 aromatic rings. The van der Waals surface area contributed by atoms with Gasteiger partial charge >= 0.3 is 6.36 Å². The van der Waals surface area contributed by atoms with Crippen molar-refractivity contribution in [2.24, 2.45) is 5.41 Å². The van der Waals surface area contributed by atoms with E-state index < -0.39 is 23.4 Å². The summed E-state index contributed by atoms with van der Waals surface area (Å²) in [6.07, 6.45) is -3.05. The van der Waals surface area contributed by atoms with Crippen LogP contribution in [-0.2, 0) is 9.53 Å². The van der Waals surface area contributed by atoms with Crippen molar-refractivity contribution in [1.29, 1.82) is 0 Å². The highest BCUT2D eigenvalue weighted by Crippen LogP contribution is 2.35. The van der Waals surface area contributed by atoms with E-state index in [1.165, 1.54) is 18.2 Å². The SMILES string of the molecule is C[C@@H]1CN(c2ccc3nc(-c4ccc(OC(F)(F)F)c(NC(=O)C(C)(C)C)c4)cn3n2)C[C@H](C)O1. The Kier molecular flexibility index (Phi) is 6.39. The number of carbonyl (C=O) groups excluding carboxylic acids is 1.